The van der Waals surface area contributed by atoms with Gasteiger partial charge in [-0.15, -0.1) is 0 Å². The van der Waals surface area contributed by atoms with Crippen molar-refractivity contribution >= 4 is 5.91 Å². The first-order valence-electron chi connectivity index (χ1n) is 7.32. The maximum Gasteiger partial charge on any atom is 0.240 e. The molecular weight excluding hydrogens is 228 g/mol. The first-order chi connectivity index (χ1) is 8.61. The molecule has 2 unspecified atom stereocenters. The topological polar surface area (TPSA) is 64.3 Å². The van der Waals surface area contributed by atoms with E-state index in [-0.39, 0.29) is 11.3 Å². The van der Waals surface area contributed by atoms with Gasteiger partial charge in [0.2, 0.25) is 5.91 Å². The van der Waals surface area contributed by atoms with Gasteiger partial charge in [0, 0.05) is 18.1 Å². The van der Waals surface area contributed by atoms with E-state index in [1.165, 1.54) is 25.7 Å². The van der Waals surface area contributed by atoms with Crippen molar-refractivity contribution in [1.29, 1.82) is 0 Å². The normalized spacial score (nSPS) is 35.2. The van der Waals surface area contributed by atoms with Crippen LogP contribution >= 0.6 is 0 Å². The van der Waals surface area contributed by atoms with E-state index in [9.17, 15) is 4.79 Å². The van der Waals surface area contributed by atoms with Gasteiger partial charge in [-0.05, 0) is 39.0 Å². The molecule has 3 fully saturated rings. The lowest BCUT2D eigenvalue weighted by Crippen LogP contribution is -2.65. The molecule has 3 saturated carbocycles. The van der Waals surface area contributed by atoms with Crippen molar-refractivity contribution in [2.75, 3.05) is 6.61 Å². The zero-order valence-corrected chi connectivity index (χ0v) is 11.2. The molecule has 0 heterocycles. The van der Waals surface area contributed by atoms with Crippen LogP contribution in [0, 0.1) is 5.41 Å². The molecule has 0 aromatic heterocycles. The highest BCUT2D eigenvalue weighted by Crippen LogP contribution is 2.55. The van der Waals surface area contributed by atoms with Crippen LogP contribution in [0.1, 0.15) is 51.9 Å². The Morgan fingerprint density at radius 3 is 2.56 bits per heavy atom. The standard InChI is InChI=1S/C14H24N2O2/c1-2-18-11-9-10(13(11)5-3-4-6-13)16-12(17)14(15)7-8-14/h10-11H,2-9,15H2,1H3,(H,16,17). The first kappa shape index (κ1) is 12.4. The minimum absolute atomic E-state index is 0.0636. The molecule has 0 bridgehead atoms. The zero-order valence-electron chi connectivity index (χ0n) is 11.2. The minimum Gasteiger partial charge on any atom is -0.378 e. The molecule has 102 valence electrons. The summed E-state index contributed by atoms with van der Waals surface area (Å²) in [6, 6.07) is 0.296. The van der Waals surface area contributed by atoms with Crippen molar-refractivity contribution in [3.63, 3.8) is 0 Å². The van der Waals surface area contributed by atoms with Gasteiger partial charge in [0.05, 0.1) is 11.6 Å². The number of carbonyl (C=O) groups excluding carboxylic acids is 1. The number of nitrogens with one attached hydrogen (secondary N) is 1. The fourth-order valence-corrected chi connectivity index (χ4v) is 3.75. The average molecular weight is 252 g/mol. The van der Waals surface area contributed by atoms with Gasteiger partial charge in [-0.25, -0.2) is 0 Å². The summed E-state index contributed by atoms with van der Waals surface area (Å²) in [6.07, 6.45) is 7.92. The summed E-state index contributed by atoms with van der Waals surface area (Å²) < 4.78 is 5.85. The highest BCUT2D eigenvalue weighted by atomic mass is 16.5. The Balaban J connectivity index is 1.64. The Kier molecular flexibility index (Phi) is 2.90. The maximum atomic E-state index is 12.1. The molecule has 0 aromatic carbocycles. The van der Waals surface area contributed by atoms with E-state index in [0.717, 1.165) is 25.9 Å². The van der Waals surface area contributed by atoms with Crippen molar-refractivity contribution < 1.29 is 9.53 Å². The van der Waals surface area contributed by atoms with Gasteiger partial charge in [-0.2, -0.15) is 0 Å². The minimum atomic E-state index is -0.545. The predicted octanol–water partition coefficient (Wildman–Crippen LogP) is 1.33. The molecule has 3 rings (SSSR count). The second-order valence-electron chi connectivity index (χ2n) is 6.30. The molecule has 3 N–H and O–H groups in total. The molecule has 1 spiro atoms. The second kappa shape index (κ2) is 4.20. The van der Waals surface area contributed by atoms with Crippen molar-refractivity contribution in [2.24, 2.45) is 11.1 Å². The van der Waals surface area contributed by atoms with Crippen LogP contribution in [0.5, 0.6) is 0 Å². The van der Waals surface area contributed by atoms with Crippen LogP contribution in [0.15, 0.2) is 0 Å². The molecule has 0 aromatic rings. The average Bonchev–Trinajstić information content (AvgIpc) is 2.92. The summed E-state index contributed by atoms with van der Waals surface area (Å²) in [6.45, 7) is 2.82. The lowest BCUT2D eigenvalue weighted by Gasteiger charge is -2.54. The molecule has 0 aliphatic heterocycles. The van der Waals surface area contributed by atoms with Crippen molar-refractivity contribution in [3.8, 4) is 0 Å². The van der Waals surface area contributed by atoms with Crippen molar-refractivity contribution in [2.45, 2.75) is 69.6 Å². The monoisotopic (exact) mass is 252 g/mol. The van der Waals surface area contributed by atoms with Gasteiger partial charge in [0.1, 0.15) is 0 Å². The number of amides is 1. The summed E-state index contributed by atoms with van der Waals surface area (Å²) in [5, 5.41) is 3.20. The van der Waals surface area contributed by atoms with E-state index in [1.54, 1.807) is 0 Å². The van der Waals surface area contributed by atoms with Crippen LogP contribution in [-0.4, -0.2) is 30.2 Å². The Bertz CT molecular complexity index is 346. The summed E-state index contributed by atoms with van der Waals surface area (Å²) in [7, 11) is 0. The highest BCUT2D eigenvalue weighted by molar-refractivity contribution is 5.89. The fourth-order valence-electron chi connectivity index (χ4n) is 3.75. The second-order valence-corrected chi connectivity index (χ2v) is 6.30. The quantitative estimate of drug-likeness (QED) is 0.793. The Labute approximate surface area is 109 Å². The summed E-state index contributed by atoms with van der Waals surface area (Å²) in [4.78, 5) is 12.1. The number of rotatable bonds is 4. The van der Waals surface area contributed by atoms with Gasteiger partial charge in [0.25, 0.3) is 0 Å². The van der Waals surface area contributed by atoms with E-state index in [1.807, 2.05) is 6.92 Å². The Hall–Kier alpha value is -0.610. The predicted molar refractivity (Wildman–Crippen MR) is 69.0 cm³/mol. The van der Waals surface area contributed by atoms with Crippen LogP contribution in [0.3, 0.4) is 0 Å². The molecule has 0 saturated heterocycles. The molecule has 2 atom stereocenters. The van der Waals surface area contributed by atoms with Gasteiger partial charge in [-0.1, -0.05) is 12.8 Å². The summed E-state index contributed by atoms with van der Waals surface area (Å²) >= 11 is 0. The van der Waals surface area contributed by atoms with Gasteiger partial charge < -0.3 is 15.8 Å². The van der Waals surface area contributed by atoms with Crippen LogP contribution in [0.2, 0.25) is 0 Å². The van der Waals surface area contributed by atoms with Crippen molar-refractivity contribution in [1.82, 2.24) is 5.32 Å². The maximum absolute atomic E-state index is 12.1. The molecule has 0 radical (unpaired) electrons. The number of hydrogen-bond acceptors (Lipinski definition) is 3. The SMILES string of the molecule is CCOC1CC(NC(=O)C2(N)CC2)C12CCCC2. The molecule has 4 heteroatoms. The summed E-state index contributed by atoms with van der Waals surface area (Å²) in [5.74, 6) is 0.0636. The third-order valence-electron chi connectivity index (χ3n) is 5.23. The lowest BCUT2D eigenvalue weighted by molar-refractivity contribution is -0.145. The smallest absolute Gasteiger partial charge is 0.240 e. The molecular formula is C14H24N2O2. The van der Waals surface area contributed by atoms with Crippen LogP contribution in [-0.2, 0) is 9.53 Å². The van der Waals surface area contributed by atoms with Crippen LogP contribution in [0.4, 0.5) is 0 Å². The number of ether oxygens (including phenoxy) is 1. The summed E-state index contributed by atoms with van der Waals surface area (Å²) in [5.41, 5.74) is 5.63. The zero-order chi connectivity index (χ0) is 12.8. The van der Waals surface area contributed by atoms with Gasteiger partial charge >= 0.3 is 0 Å². The van der Waals surface area contributed by atoms with Gasteiger partial charge in [-0.3, -0.25) is 4.79 Å². The fraction of sp³-hybridized carbons (Fsp3) is 0.929. The third-order valence-corrected chi connectivity index (χ3v) is 5.23. The lowest BCUT2D eigenvalue weighted by atomic mass is 9.60. The van der Waals surface area contributed by atoms with E-state index >= 15 is 0 Å². The van der Waals surface area contributed by atoms with E-state index in [4.69, 9.17) is 10.5 Å². The highest BCUT2D eigenvalue weighted by Gasteiger charge is 2.58. The first-order valence-corrected chi connectivity index (χ1v) is 7.32. The van der Waals surface area contributed by atoms with Crippen LogP contribution in [0.25, 0.3) is 0 Å². The largest absolute Gasteiger partial charge is 0.378 e. The Morgan fingerprint density at radius 1 is 1.33 bits per heavy atom. The van der Waals surface area contributed by atoms with E-state index in [2.05, 4.69) is 5.32 Å². The molecule has 3 aliphatic carbocycles. The molecule has 1 amide bonds. The Morgan fingerprint density at radius 2 is 2.00 bits per heavy atom. The molecule has 3 aliphatic rings. The number of carbonyl (C=O) groups is 1. The number of hydrogen-bond donors (Lipinski definition) is 2. The number of nitrogens with two attached hydrogens (primary N) is 1. The third kappa shape index (κ3) is 1.77. The molecule has 18 heavy (non-hydrogen) atoms. The van der Waals surface area contributed by atoms with E-state index in [0.29, 0.717) is 12.1 Å². The van der Waals surface area contributed by atoms with Crippen molar-refractivity contribution in [3.05, 3.63) is 0 Å². The van der Waals surface area contributed by atoms with E-state index < -0.39 is 5.54 Å². The van der Waals surface area contributed by atoms with Gasteiger partial charge in [0.15, 0.2) is 0 Å². The van der Waals surface area contributed by atoms with Crippen LogP contribution < -0.4 is 11.1 Å². The molecule has 4 nitrogen and oxygen atoms in total.